The number of likely N-dealkylation sites (tertiary alicyclic amines) is 1. The van der Waals surface area contributed by atoms with Crippen LogP contribution in [0.15, 0.2) is 24.4 Å². The molecule has 0 amide bonds. The van der Waals surface area contributed by atoms with Crippen molar-refractivity contribution >= 4 is 12.4 Å². The number of aromatic nitrogens is 3. The van der Waals surface area contributed by atoms with Crippen molar-refractivity contribution in [1.82, 2.24) is 19.7 Å². The minimum atomic E-state index is 0. The second kappa shape index (κ2) is 6.99. The van der Waals surface area contributed by atoms with Gasteiger partial charge in [-0.25, -0.2) is 9.67 Å². The molecule has 1 fully saturated rings. The molecule has 0 spiro atoms. The number of rotatable bonds is 4. The molecule has 3 heterocycles. The average Bonchev–Trinajstić information content (AvgIpc) is 3.04. The van der Waals surface area contributed by atoms with Gasteiger partial charge in [0.1, 0.15) is 0 Å². The topological polar surface area (TPSA) is 60.0 Å². The Morgan fingerprint density at radius 2 is 2.09 bits per heavy atom. The SMILES string of the molecule is Cc1nn(-c2ccccn2)c(C)c1CN1CCC(C)(CN)C1.Cl. The number of nitrogens with zero attached hydrogens (tertiary/aromatic N) is 4. The zero-order valence-corrected chi connectivity index (χ0v) is 14.9. The lowest BCUT2D eigenvalue weighted by Gasteiger charge is -2.22. The molecule has 1 aliphatic rings. The number of aryl methyl sites for hydroxylation is 1. The highest BCUT2D eigenvalue weighted by Gasteiger charge is 2.33. The van der Waals surface area contributed by atoms with Gasteiger partial charge in [0.15, 0.2) is 5.82 Å². The number of hydrogen-bond donors (Lipinski definition) is 1. The Balaban J connectivity index is 0.00000192. The number of hydrogen-bond acceptors (Lipinski definition) is 4. The quantitative estimate of drug-likeness (QED) is 0.932. The van der Waals surface area contributed by atoms with E-state index in [2.05, 4.69) is 35.8 Å². The molecule has 0 saturated carbocycles. The van der Waals surface area contributed by atoms with E-state index >= 15 is 0 Å². The molecule has 3 rings (SSSR count). The van der Waals surface area contributed by atoms with E-state index in [9.17, 15) is 0 Å². The van der Waals surface area contributed by atoms with E-state index < -0.39 is 0 Å². The van der Waals surface area contributed by atoms with E-state index in [4.69, 9.17) is 5.73 Å². The zero-order valence-electron chi connectivity index (χ0n) is 14.1. The monoisotopic (exact) mass is 335 g/mol. The second-order valence-electron chi connectivity index (χ2n) is 6.72. The van der Waals surface area contributed by atoms with E-state index in [-0.39, 0.29) is 17.8 Å². The van der Waals surface area contributed by atoms with Crippen LogP contribution < -0.4 is 5.73 Å². The molecular formula is C17H26ClN5. The van der Waals surface area contributed by atoms with Gasteiger partial charge in [0.2, 0.25) is 0 Å². The Morgan fingerprint density at radius 1 is 1.30 bits per heavy atom. The van der Waals surface area contributed by atoms with E-state index in [0.717, 1.165) is 37.7 Å². The fourth-order valence-corrected chi connectivity index (χ4v) is 3.26. The minimum absolute atomic E-state index is 0. The first kappa shape index (κ1) is 17.9. The Morgan fingerprint density at radius 3 is 2.70 bits per heavy atom. The van der Waals surface area contributed by atoms with Crippen LogP contribution in [0.5, 0.6) is 0 Å². The average molecular weight is 336 g/mol. The molecule has 2 N–H and O–H groups in total. The summed E-state index contributed by atoms with van der Waals surface area (Å²) in [6.07, 6.45) is 2.98. The highest BCUT2D eigenvalue weighted by atomic mass is 35.5. The number of halogens is 1. The van der Waals surface area contributed by atoms with Crippen LogP contribution in [0, 0.1) is 19.3 Å². The summed E-state index contributed by atoms with van der Waals surface area (Å²) < 4.78 is 1.95. The van der Waals surface area contributed by atoms with E-state index in [0.29, 0.717) is 0 Å². The van der Waals surface area contributed by atoms with Gasteiger partial charge in [0.05, 0.1) is 5.69 Å². The maximum absolute atomic E-state index is 5.91. The largest absolute Gasteiger partial charge is 0.330 e. The van der Waals surface area contributed by atoms with Crippen molar-refractivity contribution < 1.29 is 0 Å². The van der Waals surface area contributed by atoms with Crippen LogP contribution >= 0.6 is 12.4 Å². The Labute approximate surface area is 144 Å². The molecule has 1 saturated heterocycles. The lowest BCUT2D eigenvalue weighted by Crippen LogP contribution is -2.31. The summed E-state index contributed by atoms with van der Waals surface area (Å²) in [6.45, 7) is 10.4. The van der Waals surface area contributed by atoms with Crippen LogP contribution in [-0.4, -0.2) is 39.3 Å². The molecule has 0 radical (unpaired) electrons. The molecule has 0 aromatic carbocycles. The van der Waals surface area contributed by atoms with Gasteiger partial charge in [-0.15, -0.1) is 12.4 Å². The molecule has 0 bridgehead atoms. The number of pyridine rings is 1. The molecule has 0 aliphatic carbocycles. The molecule has 1 atom stereocenters. The third-order valence-electron chi connectivity index (χ3n) is 4.82. The highest BCUT2D eigenvalue weighted by molar-refractivity contribution is 5.85. The third-order valence-corrected chi connectivity index (χ3v) is 4.82. The lowest BCUT2D eigenvalue weighted by molar-refractivity contribution is 0.273. The van der Waals surface area contributed by atoms with E-state index in [1.54, 1.807) is 6.20 Å². The Kier molecular flexibility index (Phi) is 5.45. The van der Waals surface area contributed by atoms with E-state index in [1.807, 2.05) is 22.9 Å². The highest BCUT2D eigenvalue weighted by Crippen LogP contribution is 2.30. The number of nitrogens with two attached hydrogens (primary N) is 1. The maximum atomic E-state index is 5.91. The fraction of sp³-hybridized carbons (Fsp3) is 0.529. The molecule has 5 nitrogen and oxygen atoms in total. The second-order valence-corrected chi connectivity index (χ2v) is 6.72. The van der Waals surface area contributed by atoms with Gasteiger partial charge < -0.3 is 5.73 Å². The molecule has 1 unspecified atom stereocenters. The van der Waals surface area contributed by atoms with Crippen molar-refractivity contribution in [3.05, 3.63) is 41.3 Å². The molecule has 2 aromatic rings. The maximum Gasteiger partial charge on any atom is 0.153 e. The molecule has 126 valence electrons. The standard InChI is InChI=1S/C17H25N5.ClH/c1-13-15(10-21-9-7-17(3,11-18)12-21)14(2)22(20-13)16-6-4-5-8-19-16;/h4-6,8H,7,9-12,18H2,1-3H3;1H. The fourth-order valence-electron chi connectivity index (χ4n) is 3.26. The van der Waals surface area contributed by atoms with Crippen molar-refractivity contribution in [3.63, 3.8) is 0 Å². The van der Waals surface area contributed by atoms with Gasteiger partial charge >= 0.3 is 0 Å². The van der Waals surface area contributed by atoms with Crippen molar-refractivity contribution in [1.29, 1.82) is 0 Å². The Bertz CT molecular complexity index is 655. The van der Waals surface area contributed by atoms with Crippen molar-refractivity contribution in [2.24, 2.45) is 11.1 Å². The third kappa shape index (κ3) is 3.57. The normalized spacial score (nSPS) is 21.4. The van der Waals surface area contributed by atoms with Crippen molar-refractivity contribution in [2.75, 3.05) is 19.6 Å². The smallest absolute Gasteiger partial charge is 0.153 e. The molecule has 1 aliphatic heterocycles. The first-order valence-corrected chi connectivity index (χ1v) is 7.91. The van der Waals surface area contributed by atoms with Crippen molar-refractivity contribution in [2.45, 2.75) is 33.7 Å². The molecular weight excluding hydrogens is 310 g/mol. The van der Waals surface area contributed by atoms with Crippen LogP contribution in [0.3, 0.4) is 0 Å². The van der Waals surface area contributed by atoms with Crippen LogP contribution in [0.2, 0.25) is 0 Å². The molecule has 23 heavy (non-hydrogen) atoms. The summed E-state index contributed by atoms with van der Waals surface area (Å²) in [6, 6.07) is 5.91. The summed E-state index contributed by atoms with van der Waals surface area (Å²) in [4.78, 5) is 6.90. The van der Waals surface area contributed by atoms with E-state index in [1.165, 1.54) is 17.7 Å². The summed E-state index contributed by atoms with van der Waals surface area (Å²) in [7, 11) is 0. The minimum Gasteiger partial charge on any atom is -0.330 e. The van der Waals surface area contributed by atoms with Gasteiger partial charge in [0.25, 0.3) is 0 Å². The summed E-state index contributed by atoms with van der Waals surface area (Å²) in [5, 5.41) is 4.68. The molecule has 2 aromatic heterocycles. The van der Waals surface area contributed by atoms with Crippen LogP contribution in [0.1, 0.15) is 30.3 Å². The zero-order chi connectivity index (χ0) is 15.7. The summed E-state index contributed by atoms with van der Waals surface area (Å²) >= 11 is 0. The Hall–Kier alpha value is -1.43. The first-order chi connectivity index (χ1) is 10.5. The van der Waals surface area contributed by atoms with Gasteiger partial charge in [0, 0.05) is 30.5 Å². The van der Waals surface area contributed by atoms with Gasteiger partial charge in [-0.05, 0) is 50.9 Å². The summed E-state index contributed by atoms with van der Waals surface area (Å²) in [5.41, 5.74) is 9.75. The van der Waals surface area contributed by atoms with Gasteiger partial charge in [-0.2, -0.15) is 5.10 Å². The van der Waals surface area contributed by atoms with Crippen LogP contribution in [0.25, 0.3) is 5.82 Å². The van der Waals surface area contributed by atoms with Crippen LogP contribution in [-0.2, 0) is 6.54 Å². The van der Waals surface area contributed by atoms with Gasteiger partial charge in [-0.3, -0.25) is 4.90 Å². The lowest BCUT2D eigenvalue weighted by atomic mass is 9.90. The summed E-state index contributed by atoms with van der Waals surface area (Å²) in [5.74, 6) is 0.877. The predicted octanol–water partition coefficient (Wildman–Crippen LogP) is 2.48. The first-order valence-electron chi connectivity index (χ1n) is 7.91. The molecule has 6 heteroatoms. The van der Waals surface area contributed by atoms with Crippen LogP contribution in [0.4, 0.5) is 0 Å². The predicted molar refractivity (Wildman–Crippen MR) is 95.1 cm³/mol. The van der Waals surface area contributed by atoms with Gasteiger partial charge in [-0.1, -0.05) is 13.0 Å². The van der Waals surface area contributed by atoms with Crippen molar-refractivity contribution in [3.8, 4) is 5.82 Å².